The average Bonchev–Trinajstić information content (AvgIpc) is 2.27. The lowest BCUT2D eigenvalue weighted by atomic mass is 9.94. The van der Waals surface area contributed by atoms with Crippen LogP contribution in [0.2, 0.25) is 0 Å². The number of hydrogen-bond donors (Lipinski definition) is 1. The highest BCUT2D eigenvalue weighted by atomic mass is 19.1. The maximum absolute atomic E-state index is 13.6. The first-order chi connectivity index (χ1) is 7.56. The van der Waals surface area contributed by atoms with Gasteiger partial charge in [0.25, 0.3) is 0 Å². The molecule has 1 atom stereocenters. The molecule has 0 radical (unpaired) electrons. The fraction of sp³-hybridized carbons (Fsp3) is 0.500. The number of hydrogen-bond acceptors (Lipinski definition) is 3. The summed E-state index contributed by atoms with van der Waals surface area (Å²) in [5.74, 6) is 0.274. The van der Waals surface area contributed by atoms with Gasteiger partial charge in [-0.1, -0.05) is 6.92 Å². The smallest absolute Gasteiger partial charge is 0.197 e. The summed E-state index contributed by atoms with van der Waals surface area (Å²) < 4.78 is 23.9. The van der Waals surface area contributed by atoms with Crippen molar-refractivity contribution in [2.45, 2.75) is 19.8 Å². The van der Waals surface area contributed by atoms with E-state index in [2.05, 4.69) is 0 Å². The molecule has 1 rings (SSSR count). The van der Waals surface area contributed by atoms with Gasteiger partial charge in [0.15, 0.2) is 17.3 Å². The molecule has 1 unspecified atom stereocenters. The number of ether oxygens (including phenoxy) is 2. The zero-order chi connectivity index (χ0) is 12.3. The highest BCUT2D eigenvalue weighted by Gasteiger charge is 2.21. The monoisotopic (exact) mass is 227 g/mol. The molecule has 0 aliphatic heterocycles. The van der Waals surface area contributed by atoms with E-state index in [0.717, 1.165) is 11.1 Å². The van der Waals surface area contributed by atoms with E-state index in [1.807, 2.05) is 13.8 Å². The largest absolute Gasteiger partial charge is 0.492 e. The Balaban J connectivity index is 3.45. The van der Waals surface area contributed by atoms with Crippen molar-refractivity contribution in [1.29, 1.82) is 0 Å². The lowest BCUT2D eigenvalue weighted by molar-refractivity contribution is 0.332. The van der Waals surface area contributed by atoms with Gasteiger partial charge in [-0.05, 0) is 31.0 Å². The number of benzene rings is 1. The second-order valence-corrected chi connectivity index (χ2v) is 3.79. The molecular formula is C12H18FNO2. The van der Waals surface area contributed by atoms with E-state index in [0.29, 0.717) is 12.3 Å². The molecule has 0 spiro atoms. The summed E-state index contributed by atoms with van der Waals surface area (Å²) >= 11 is 0. The van der Waals surface area contributed by atoms with Gasteiger partial charge in [-0.25, -0.2) is 4.39 Å². The molecule has 0 aliphatic carbocycles. The molecule has 0 heterocycles. The SMILES string of the molecule is COc1c(F)cc(C)c(C(C)CN)c1OC. The number of rotatable bonds is 4. The van der Waals surface area contributed by atoms with E-state index in [1.54, 1.807) is 0 Å². The van der Waals surface area contributed by atoms with Crippen LogP contribution in [0.1, 0.15) is 24.0 Å². The van der Waals surface area contributed by atoms with Gasteiger partial charge in [-0.3, -0.25) is 0 Å². The molecule has 0 saturated carbocycles. The zero-order valence-electron chi connectivity index (χ0n) is 10.1. The van der Waals surface area contributed by atoms with Crippen LogP contribution in [0.4, 0.5) is 4.39 Å². The van der Waals surface area contributed by atoms with Gasteiger partial charge in [0.05, 0.1) is 14.2 Å². The van der Waals surface area contributed by atoms with Gasteiger partial charge in [-0.15, -0.1) is 0 Å². The van der Waals surface area contributed by atoms with Crippen LogP contribution < -0.4 is 15.2 Å². The molecule has 1 aromatic rings. The number of halogens is 1. The molecule has 4 heteroatoms. The quantitative estimate of drug-likeness (QED) is 0.857. The Morgan fingerprint density at radius 1 is 1.31 bits per heavy atom. The van der Waals surface area contributed by atoms with Crippen molar-refractivity contribution in [2.75, 3.05) is 20.8 Å². The van der Waals surface area contributed by atoms with E-state index in [4.69, 9.17) is 15.2 Å². The van der Waals surface area contributed by atoms with Gasteiger partial charge < -0.3 is 15.2 Å². The minimum atomic E-state index is -0.412. The number of methoxy groups -OCH3 is 2. The lowest BCUT2D eigenvalue weighted by Crippen LogP contribution is -2.12. The van der Waals surface area contributed by atoms with E-state index in [-0.39, 0.29) is 11.7 Å². The van der Waals surface area contributed by atoms with Crippen LogP contribution >= 0.6 is 0 Å². The van der Waals surface area contributed by atoms with Crippen molar-refractivity contribution < 1.29 is 13.9 Å². The highest BCUT2D eigenvalue weighted by molar-refractivity contribution is 5.53. The molecule has 0 aromatic heterocycles. The second-order valence-electron chi connectivity index (χ2n) is 3.79. The highest BCUT2D eigenvalue weighted by Crippen LogP contribution is 2.39. The predicted molar refractivity (Wildman–Crippen MR) is 61.7 cm³/mol. The van der Waals surface area contributed by atoms with Crippen molar-refractivity contribution in [3.63, 3.8) is 0 Å². The van der Waals surface area contributed by atoms with Crippen molar-refractivity contribution in [2.24, 2.45) is 5.73 Å². The molecule has 1 aromatic carbocycles. The Kier molecular flexibility index (Phi) is 4.12. The number of nitrogens with two attached hydrogens (primary N) is 1. The van der Waals surface area contributed by atoms with Gasteiger partial charge in [0.1, 0.15) is 0 Å². The predicted octanol–water partition coefficient (Wildman–Crippen LogP) is 2.21. The molecule has 0 fully saturated rings. The average molecular weight is 227 g/mol. The molecular weight excluding hydrogens is 209 g/mol. The van der Waals surface area contributed by atoms with Crippen LogP contribution in [0.3, 0.4) is 0 Å². The molecule has 0 aliphatic rings. The van der Waals surface area contributed by atoms with Crippen molar-refractivity contribution in [3.05, 3.63) is 23.0 Å². The fourth-order valence-corrected chi connectivity index (χ4v) is 1.87. The standard InChI is InChI=1S/C12H18FNO2/c1-7-5-9(13)11(15-3)12(16-4)10(7)8(2)6-14/h5,8H,6,14H2,1-4H3. The first kappa shape index (κ1) is 12.8. The van der Waals surface area contributed by atoms with Crippen molar-refractivity contribution >= 4 is 0 Å². The van der Waals surface area contributed by atoms with E-state index < -0.39 is 5.82 Å². The van der Waals surface area contributed by atoms with Crippen LogP contribution in [0, 0.1) is 12.7 Å². The van der Waals surface area contributed by atoms with E-state index in [1.165, 1.54) is 20.3 Å². The topological polar surface area (TPSA) is 44.5 Å². The van der Waals surface area contributed by atoms with E-state index >= 15 is 0 Å². The molecule has 0 bridgehead atoms. The summed E-state index contributed by atoms with van der Waals surface area (Å²) in [4.78, 5) is 0. The van der Waals surface area contributed by atoms with Crippen LogP contribution in [0.15, 0.2) is 6.07 Å². The summed E-state index contributed by atoms with van der Waals surface area (Å²) in [6, 6.07) is 1.45. The van der Waals surface area contributed by atoms with Gasteiger partial charge in [0.2, 0.25) is 0 Å². The normalized spacial score (nSPS) is 12.4. The minimum absolute atomic E-state index is 0.101. The Morgan fingerprint density at radius 2 is 1.88 bits per heavy atom. The van der Waals surface area contributed by atoms with Crippen molar-refractivity contribution in [1.82, 2.24) is 0 Å². The number of aryl methyl sites for hydroxylation is 1. The molecule has 2 N–H and O–H groups in total. The second kappa shape index (κ2) is 5.16. The van der Waals surface area contributed by atoms with Gasteiger partial charge >= 0.3 is 0 Å². The maximum Gasteiger partial charge on any atom is 0.197 e. The van der Waals surface area contributed by atoms with Crippen LogP contribution in [-0.4, -0.2) is 20.8 Å². The van der Waals surface area contributed by atoms with Crippen LogP contribution in [-0.2, 0) is 0 Å². The Bertz CT molecular complexity index is 380. The van der Waals surface area contributed by atoms with Crippen molar-refractivity contribution in [3.8, 4) is 11.5 Å². The fourth-order valence-electron chi connectivity index (χ4n) is 1.87. The molecule has 0 amide bonds. The third-order valence-electron chi connectivity index (χ3n) is 2.69. The molecule has 3 nitrogen and oxygen atoms in total. The zero-order valence-corrected chi connectivity index (χ0v) is 10.1. The molecule has 0 saturated heterocycles. The van der Waals surface area contributed by atoms with Gasteiger partial charge in [0, 0.05) is 5.56 Å². The first-order valence-corrected chi connectivity index (χ1v) is 5.17. The van der Waals surface area contributed by atoms with Crippen LogP contribution in [0.5, 0.6) is 11.5 Å². The Morgan fingerprint density at radius 3 is 2.31 bits per heavy atom. The summed E-state index contributed by atoms with van der Waals surface area (Å²) in [5, 5.41) is 0. The summed E-state index contributed by atoms with van der Waals surface area (Å²) in [5.41, 5.74) is 7.37. The Labute approximate surface area is 95.4 Å². The molecule has 16 heavy (non-hydrogen) atoms. The summed E-state index contributed by atoms with van der Waals surface area (Å²) in [6.45, 7) is 4.29. The molecule has 90 valence electrons. The van der Waals surface area contributed by atoms with Crippen LogP contribution in [0.25, 0.3) is 0 Å². The first-order valence-electron chi connectivity index (χ1n) is 5.17. The minimum Gasteiger partial charge on any atom is -0.492 e. The van der Waals surface area contributed by atoms with Gasteiger partial charge in [-0.2, -0.15) is 0 Å². The third kappa shape index (κ3) is 2.11. The van der Waals surface area contributed by atoms with E-state index in [9.17, 15) is 4.39 Å². The Hall–Kier alpha value is -1.29. The summed E-state index contributed by atoms with van der Waals surface area (Å²) in [6.07, 6.45) is 0. The maximum atomic E-state index is 13.6. The third-order valence-corrected chi connectivity index (χ3v) is 2.69. The lowest BCUT2D eigenvalue weighted by Gasteiger charge is -2.19. The summed E-state index contributed by atoms with van der Waals surface area (Å²) in [7, 11) is 2.93.